The molecule has 1 atom stereocenters. The minimum atomic E-state index is -0.341. The Morgan fingerprint density at radius 3 is 2.79 bits per heavy atom. The number of benzene rings is 2. The summed E-state index contributed by atoms with van der Waals surface area (Å²) in [5.41, 5.74) is 1.29. The fraction of sp³-hybridized carbons (Fsp3) is 0.250. The zero-order valence-corrected chi connectivity index (χ0v) is 19.4. The van der Waals surface area contributed by atoms with Crippen molar-refractivity contribution < 1.29 is 18.7 Å². The van der Waals surface area contributed by atoms with Crippen LogP contribution in [-0.2, 0) is 22.7 Å². The summed E-state index contributed by atoms with van der Waals surface area (Å²) in [7, 11) is 0. The third-order valence-corrected chi connectivity index (χ3v) is 6.19. The molecule has 0 spiro atoms. The van der Waals surface area contributed by atoms with Gasteiger partial charge in [0.05, 0.1) is 17.1 Å². The van der Waals surface area contributed by atoms with E-state index in [1.54, 1.807) is 17.0 Å². The van der Waals surface area contributed by atoms with Gasteiger partial charge >= 0.3 is 0 Å². The minimum absolute atomic E-state index is 0.112. The van der Waals surface area contributed by atoms with Gasteiger partial charge in [-0.25, -0.2) is 4.39 Å². The molecule has 0 unspecified atom stereocenters. The van der Waals surface area contributed by atoms with Crippen LogP contribution in [0, 0.1) is 5.82 Å². The average molecular weight is 482 g/mol. The zero-order valence-electron chi connectivity index (χ0n) is 18.6. The lowest BCUT2D eigenvalue weighted by molar-refractivity contribution is -0.117. The number of hydrogen-bond acceptors (Lipinski definition) is 6. The first-order valence-electron chi connectivity index (χ1n) is 10.7. The van der Waals surface area contributed by atoms with E-state index in [0.29, 0.717) is 34.6 Å². The standard InChI is InChI=1S/C24H24FN5O3S/c1-3-12-29-21(14-33-18-10-8-17(25)9-11-18)27-28-24(29)34-15-23(32)30-16(2)13-22(31)26-19-6-4-5-7-20(19)30/h3-11,16H,1,12-15H2,2H3,(H,26,31)/t16-/m0/s1. The van der Waals surface area contributed by atoms with E-state index in [2.05, 4.69) is 22.1 Å². The first kappa shape index (κ1) is 23.5. The summed E-state index contributed by atoms with van der Waals surface area (Å²) in [6, 6.07) is 12.7. The van der Waals surface area contributed by atoms with E-state index in [1.165, 1.54) is 36.0 Å². The molecule has 1 aliphatic rings. The Hall–Kier alpha value is -3.66. The van der Waals surface area contributed by atoms with Crippen LogP contribution in [0.25, 0.3) is 0 Å². The van der Waals surface area contributed by atoms with Gasteiger partial charge in [-0.3, -0.25) is 14.2 Å². The molecule has 0 saturated carbocycles. The minimum Gasteiger partial charge on any atom is -0.486 e. The molecule has 3 aromatic rings. The fourth-order valence-electron chi connectivity index (χ4n) is 3.69. The number of halogens is 1. The molecule has 1 N–H and O–H groups in total. The normalized spacial score (nSPS) is 15.3. The lowest BCUT2D eigenvalue weighted by Crippen LogP contribution is -2.40. The monoisotopic (exact) mass is 481 g/mol. The van der Waals surface area contributed by atoms with Crippen LogP contribution >= 0.6 is 11.8 Å². The number of nitrogens with one attached hydrogen (secondary N) is 1. The van der Waals surface area contributed by atoms with Crippen molar-refractivity contribution in [2.24, 2.45) is 0 Å². The molecule has 2 amide bonds. The van der Waals surface area contributed by atoms with Gasteiger partial charge in [0.15, 0.2) is 11.0 Å². The predicted octanol–water partition coefficient (Wildman–Crippen LogP) is 4.04. The molecule has 176 valence electrons. The molecule has 1 aromatic heterocycles. The number of para-hydroxylation sites is 2. The first-order chi connectivity index (χ1) is 16.5. The SMILES string of the molecule is C=CCn1c(COc2ccc(F)cc2)nnc1SCC(=O)N1c2ccccc2NC(=O)C[C@@H]1C. The highest BCUT2D eigenvalue weighted by Gasteiger charge is 2.29. The molecule has 4 rings (SSSR count). The van der Waals surface area contributed by atoms with Crippen molar-refractivity contribution in [3.8, 4) is 5.75 Å². The van der Waals surface area contributed by atoms with Gasteiger partial charge in [0.25, 0.3) is 0 Å². The maximum absolute atomic E-state index is 13.3. The van der Waals surface area contributed by atoms with Gasteiger partial charge in [-0.1, -0.05) is 30.0 Å². The number of amides is 2. The number of carbonyl (C=O) groups excluding carboxylic acids is 2. The number of allylic oxidation sites excluding steroid dienone is 1. The molecule has 1 aliphatic heterocycles. The number of anilines is 2. The largest absolute Gasteiger partial charge is 0.486 e. The molecule has 0 radical (unpaired) electrons. The highest BCUT2D eigenvalue weighted by molar-refractivity contribution is 7.99. The number of hydrogen-bond donors (Lipinski definition) is 1. The summed E-state index contributed by atoms with van der Waals surface area (Å²) in [4.78, 5) is 27.1. The third kappa shape index (κ3) is 5.28. The van der Waals surface area contributed by atoms with Gasteiger partial charge < -0.3 is 15.0 Å². The van der Waals surface area contributed by atoms with Gasteiger partial charge in [-0.2, -0.15) is 0 Å². The fourth-order valence-corrected chi connectivity index (χ4v) is 4.51. The number of carbonyl (C=O) groups is 2. The van der Waals surface area contributed by atoms with Crippen LogP contribution in [0.1, 0.15) is 19.2 Å². The van der Waals surface area contributed by atoms with Crippen LogP contribution in [0.15, 0.2) is 66.3 Å². The third-order valence-electron chi connectivity index (χ3n) is 5.24. The number of aromatic nitrogens is 3. The van der Waals surface area contributed by atoms with Crippen LogP contribution in [-0.4, -0.2) is 38.4 Å². The lowest BCUT2D eigenvalue weighted by Gasteiger charge is -2.27. The van der Waals surface area contributed by atoms with E-state index in [9.17, 15) is 14.0 Å². The Bertz CT molecular complexity index is 1200. The van der Waals surface area contributed by atoms with Crippen LogP contribution in [0.5, 0.6) is 5.75 Å². The smallest absolute Gasteiger partial charge is 0.237 e. The maximum atomic E-state index is 13.3. The zero-order chi connectivity index (χ0) is 24.1. The number of thioether (sulfide) groups is 1. The van der Waals surface area contributed by atoms with Crippen molar-refractivity contribution in [2.45, 2.75) is 37.7 Å². The summed E-state index contributed by atoms with van der Waals surface area (Å²) < 4.78 is 20.6. The van der Waals surface area contributed by atoms with Crippen molar-refractivity contribution in [3.63, 3.8) is 0 Å². The summed E-state index contributed by atoms with van der Waals surface area (Å²) in [6.07, 6.45) is 1.92. The van der Waals surface area contributed by atoms with Crippen molar-refractivity contribution in [2.75, 3.05) is 16.0 Å². The summed E-state index contributed by atoms with van der Waals surface area (Å²) in [5, 5.41) is 11.8. The highest BCUT2D eigenvalue weighted by atomic mass is 32.2. The molecule has 0 fully saturated rings. The van der Waals surface area contributed by atoms with Crippen LogP contribution in [0.3, 0.4) is 0 Å². The van der Waals surface area contributed by atoms with E-state index >= 15 is 0 Å². The van der Waals surface area contributed by atoms with Gasteiger partial charge in [0, 0.05) is 19.0 Å². The molecule has 0 aliphatic carbocycles. The number of fused-ring (bicyclic) bond motifs is 1. The van der Waals surface area contributed by atoms with E-state index in [-0.39, 0.29) is 42.5 Å². The maximum Gasteiger partial charge on any atom is 0.237 e. The second-order valence-corrected chi connectivity index (χ2v) is 8.65. The number of nitrogens with zero attached hydrogens (tertiary/aromatic N) is 4. The topological polar surface area (TPSA) is 89.3 Å². The van der Waals surface area contributed by atoms with Gasteiger partial charge in [-0.05, 0) is 43.3 Å². The Kier molecular flexibility index (Phi) is 7.27. The van der Waals surface area contributed by atoms with Crippen molar-refractivity contribution in [1.29, 1.82) is 0 Å². The quantitative estimate of drug-likeness (QED) is 0.386. The Labute approximate surface area is 200 Å². The van der Waals surface area contributed by atoms with E-state index in [1.807, 2.05) is 29.7 Å². The second kappa shape index (κ2) is 10.5. The number of rotatable bonds is 8. The summed E-state index contributed by atoms with van der Waals surface area (Å²) in [5.74, 6) is 0.574. The average Bonchev–Trinajstić information content (AvgIpc) is 3.14. The lowest BCUT2D eigenvalue weighted by atomic mass is 10.2. The Morgan fingerprint density at radius 2 is 2.03 bits per heavy atom. The molecular formula is C24H24FN5O3S. The summed E-state index contributed by atoms with van der Waals surface area (Å²) in [6.45, 7) is 6.21. The van der Waals surface area contributed by atoms with Crippen LogP contribution < -0.4 is 15.0 Å². The van der Waals surface area contributed by atoms with E-state index < -0.39 is 0 Å². The van der Waals surface area contributed by atoms with Crippen molar-refractivity contribution in [1.82, 2.24) is 14.8 Å². The van der Waals surface area contributed by atoms with Gasteiger partial charge in [-0.15, -0.1) is 16.8 Å². The van der Waals surface area contributed by atoms with Crippen molar-refractivity contribution in [3.05, 3.63) is 72.8 Å². The Morgan fingerprint density at radius 1 is 1.26 bits per heavy atom. The molecule has 0 saturated heterocycles. The van der Waals surface area contributed by atoms with E-state index in [4.69, 9.17) is 4.74 Å². The first-order valence-corrected chi connectivity index (χ1v) is 11.7. The molecule has 8 nitrogen and oxygen atoms in total. The van der Waals surface area contributed by atoms with Crippen LogP contribution in [0.4, 0.5) is 15.8 Å². The van der Waals surface area contributed by atoms with Gasteiger partial charge in [0.1, 0.15) is 18.2 Å². The predicted molar refractivity (Wildman–Crippen MR) is 128 cm³/mol. The highest BCUT2D eigenvalue weighted by Crippen LogP contribution is 2.32. The molecule has 10 heteroatoms. The number of ether oxygens (including phenoxy) is 1. The molecule has 2 aromatic carbocycles. The molecule has 34 heavy (non-hydrogen) atoms. The van der Waals surface area contributed by atoms with E-state index in [0.717, 1.165) is 0 Å². The summed E-state index contributed by atoms with van der Waals surface area (Å²) >= 11 is 1.26. The van der Waals surface area contributed by atoms with Gasteiger partial charge in [0.2, 0.25) is 11.8 Å². The molecule has 2 heterocycles. The molecular weight excluding hydrogens is 457 g/mol. The second-order valence-electron chi connectivity index (χ2n) is 7.71. The van der Waals surface area contributed by atoms with Crippen LogP contribution in [0.2, 0.25) is 0 Å². The van der Waals surface area contributed by atoms with Crippen molar-refractivity contribution >= 4 is 35.0 Å². The Balaban J connectivity index is 1.47. The molecule has 0 bridgehead atoms.